The highest BCUT2D eigenvalue weighted by atomic mass is 16.5. The Balaban J connectivity index is 2.52. The van der Waals surface area contributed by atoms with Crippen molar-refractivity contribution in [1.82, 2.24) is 4.90 Å². The van der Waals surface area contributed by atoms with E-state index in [9.17, 15) is 0 Å². The van der Waals surface area contributed by atoms with Gasteiger partial charge in [-0.2, -0.15) is 0 Å². The van der Waals surface area contributed by atoms with E-state index in [4.69, 9.17) is 10.5 Å². The summed E-state index contributed by atoms with van der Waals surface area (Å²) in [6.07, 6.45) is 1.03. The molecule has 0 aliphatic carbocycles. The van der Waals surface area contributed by atoms with E-state index in [2.05, 4.69) is 51.8 Å². The lowest BCUT2D eigenvalue weighted by Gasteiger charge is -2.28. The van der Waals surface area contributed by atoms with Crippen LogP contribution in [0.2, 0.25) is 0 Å². The molecular formula is C17H30N2O. The van der Waals surface area contributed by atoms with Crippen molar-refractivity contribution < 1.29 is 4.74 Å². The summed E-state index contributed by atoms with van der Waals surface area (Å²) >= 11 is 0. The molecule has 1 rings (SSSR count). The van der Waals surface area contributed by atoms with Crippen LogP contribution in [0.1, 0.15) is 45.7 Å². The van der Waals surface area contributed by atoms with Gasteiger partial charge in [0.1, 0.15) is 5.75 Å². The molecular weight excluding hydrogens is 248 g/mol. The van der Waals surface area contributed by atoms with Gasteiger partial charge in [0.2, 0.25) is 0 Å². The molecule has 0 spiro atoms. The monoisotopic (exact) mass is 278 g/mol. The Hall–Kier alpha value is -1.06. The van der Waals surface area contributed by atoms with Crippen LogP contribution >= 0.6 is 0 Å². The van der Waals surface area contributed by atoms with Crippen molar-refractivity contribution in [2.45, 2.75) is 40.2 Å². The van der Waals surface area contributed by atoms with E-state index in [1.807, 2.05) is 12.1 Å². The Morgan fingerprint density at radius 2 is 1.80 bits per heavy atom. The molecule has 0 amide bonds. The minimum absolute atomic E-state index is 0.0441. The van der Waals surface area contributed by atoms with Crippen LogP contribution in [0.5, 0.6) is 5.75 Å². The highest BCUT2D eigenvalue weighted by Crippen LogP contribution is 2.19. The van der Waals surface area contributed by atoms with Crippen molar-refractivity contribution in [3.8, 4) is 5.75 Å². The maximum absolute atomic E-state index is 6.28. The van der Waals surface area contributed by atoms with Gasteiger partial charge in [0, 0.05) is 19.1 Å². The SMILES string of the molecule is CCCOc1ccc(C(N)CN(C)CC(C)(C)C)cc1. The minimum Gasteiger partial charge on any atom is -0.494 e. The van der Waals surface area contributed by atoms with Gasteiger partial charge in [-0.25, -0.2) is 0 Å². The molecule has 1 unspecified atom stereocenters. The summed E-state index contributed by atoms with van der Waals surface area (Å²) in [5.74, 6) is 0.922. The fourth-order valence-corrected chi connectivity index (χ4v) is 2.35. The summed E-state index contributed by atoms with van der Waals surface area (Å²) in [5, 5.41) is 0. The first kappa shape index (κ1) is 17.0. The van der Waals surface area contributed by atoms with Gasteiger partial charge >= 0.3 is 0 Å². The van der Waals surface area contributed by atoms with Gasteiger partial charge in [-0.1, -0.05) is 39.8 Å². The number of likely N-dealkylation sites (N-methyl/N-ethyl adjacent to an activating group) is 1. The molecule has 0 radical (unpaired) electrons. The van der Waals surface area contributed by atoms with Crippen LogP contribution in [0.3, 0.4) is 0 Å². The van der Waals surface area contributed by atoms with E-state index in [-0.39, 0.29) is 6.04 Å². The van der Waals surface area contributed by atoms with Crippen LogP contribution in [-0.2, 0) is 0 Å². The van der Waals surface area contributed by atoms with Crippen LogP contribution in [0.15, 0.2) is 24.3 Å². The zero-order chi connectivity index (χ0) is 15.2. The molecule has 0 saturated carbocycles. The second kappa shape index (κ2) is 7.65. The van der Waals surface area contributed by atoms with Gasteiger partial charge in [-0.15, -0.1) is 0 Å². The van der Waals surface area contributed by atoms with Crippen molar-refractivity contribution in [3.63, 3.8) is 0 Å². The Morgan fingerprint density at radius 1 is 1.20 bits per heavy atom. The van der Waals surface area contributed by atoms with Gasteiger partial charge < -0.3 is 15.4 Å². The molecule has 2 N–H and O–H groups in total. The molecule has 0 aromatic heterocycles. The molecule has 3 heteroatoms. The Kier molecular flexibility index (Phi) is 6.50. The second-order valence-corrected chi connectivity index (χ2v) is 6.78. The number of benzene rings is 1. The topological polar surface area (TPSA) is 38.5 Å². The molecule has 1 aromatic carbocycles. The lowest BCUT2D eigenvalue weighted by atomic mass is 9.96. The van der Waals surface area contributed by atoms with Gasteiger partial charge in [-0.3, -0.25) is 0 Å². The molecule has 0 bridgehead atoms. The summed E-state index contributed by atoms with van der Waals surface area (Å²) in [4.78, 5) is 2.30. The normalized spacial score (nSPS) is 13.6. The molecule has 3 nitrogen and oxygen atoms in total. The highest BCUT2D eigenvalue weighted by molar-refractivity contribution is 5.29. The third-order valence-corrected chi connectivity index (χ3v) is 3.03. The maximum atomic E-state index is 6.28. The van der Waals surface area contributed by atoms with Gasteiger partial charge in [-0.05, 0) is 36.6 Å². The van der Waals surface area contributed by atoms with Crippen LogP contribution in [-0.4, -0.2) is 31.6 Å². The zero-order valence-electron chi connectivity index (χ0n) is 13.6. The van der Waals surface area contributed by atoms with Crippen molar-refractivity contribution in [3.05, 3.63) is 29.8 Å². The predicted octanol–water partition coefficient (Wildman–Crippen LogP) is 3.45. The number of ether oxygens (including phenoxy) is 1. The van der Waals surface area contributed by atoms with Gasteiger partial charge in [0.25, 0.3) is 0 Å². The van der Waals surface area contributed by atoms with E-state index in [0.717, 1.165) is 37.4 Å². The van der Waals surface area contributed by atoms with Crippen molar-refractivity contribution in [2.75, 3.05) is 26.7 Å². The van der Waals surface area contributed by atoms with E-state index >= 15 is 0 Å². The molecule has 1 atom stereocenters. The minimum atomic E-state index is 0.0441. The second-order valence-electron chi connectivity index (χ2n) is 6.78. The van der Waals surface area contributed by atoms with Crippen LogP contribution < -0.4 is 10.5 Å². The Labute approximate surface area is 124 Å². The zero-order valence-corrected chi connectivity index (χ0v) is 13.6. The summed E-state index contributed by atoms with van der Waals surface area (Å²) in [5.41, 5.74) is 7.74. The van der Waals surface area contributed by atoms with Crippen LogP contribution in [0.25, 0.3) is 0 Å². The fourth-order valence-electron chi connectivity index (χ4n) is 2.35. The number of hydrogen-bond acceptors (Lipinski definition) is 3. The average Bonchev–Trinajstić information content (AvgIpc) is 2.34. The van der Waals surface area contributed by atoms with Gasteiger partial charge in [0.05, 0.1) is 6.61 Å². The van der Waals surface area contributed by atoms with Crippen molar-refractivity contribution in [1.29, 1.82) is 0 Å². The third kappa shape index (κ3) is 6.40. The number of hydrogen-bond donors (Lipinski definition) is 1. The summed E-state index contributed by atoms with van der Waals surface area (Å²) < 4.78 is 5.59. The van der Waals surface area contributed by atoms with E-state index in [0.29, 0.717) is 5.41 Å². The summed E-state index contributed by atoms with van der Waals surface area (Å²) in [6, 6.07) is 8.20. The number of rotatable bonds is 7. The predicted molar refractivity (Wildman–Crippen MR) is 86.1 cm³/mol. The van der Waals surface area contributed by atoms with Crippen molar-refractivity contribution >= 4 is 0 Å². The first-order valence-corrected chi connectivity index (χ1v) is 7.48. The first-order chi connectivity index (χ1) is 9.31. The quantitative estimate of drug-likeness (QED) is 0.830. The van der Waals surface area contributed by atoms with E-state index in [1.54, 1.807) is 0 Å². The smallest absolute Gasteiger partial charge is 0.119 e. The van der Waals surface area contributed by atoms with Crippen LogP contribution in [0, 0.1) is 5.41 Å². The summed E-state index contributed by atoms with van der Waals surface area (Å²) in [7, 11) is 2.13. The molecule has 0 fully saturated rings. The Bertz CT molecular complexity index is 381. The fraction of sp³-hybridized carbons (Fsp3) is 0.647. The standard InChI is InChI=1S/C17H30N2O/c1-6-11-20-15-9-7-14(8-10-15)16(18)12-19(5)13-17(2,3)4/h7-10,16H,6,11-13,18H2,1-5H3. The molecule has 20 heavy (non-hydrogen) atoms. The van der Waals surface area contributed by atoms with E-state index < -0.39 is 0 Å². The molecule has 0 heterocycles. The largest absolute Gasteiger partial charge is 0.494 e. The molecule has 0 saturated heterocycles. The summed E-state index contributed by atoms with van der Waals surface area (Å²) in [6.45, 7) is 11.5. The van der Waals surface area contributed by atoms with Crippen LogP contribution in [0.4, 0.5) is 0 Å². The first-order valence-electron chi connectivity index (χ1n) is 7.48. The average molecular weight is 278 g/mol. The van der Waals surface area contributed by atoms with Crippen molar-refractivity contribution in [2.24, 2.45) is 11.1 Å². The molecule has 0 aliphatic heterocycles. The number of nitrogens with two attached hydrogens (primary N) is 1. The van der Waals surface area contributed by atoms with E-state index in [1.165, 1.54) is 0 Å². The molecule has 1 aromatic rings. The molecule has 114 valence electrons. The molecule has 0 aliphatic rings. The lowest BCUT2D eigenvalue weighted by Crippen LogP contribution is -2.35. The third-order valence-electron chi connectivity index (χ3n) is 3.03. The highest BCUT2D eigenvalue weighted by Gasteiger charge is 2.16. The number of nitrogens with zero attached hydrogens (tertiary/aromatic N) is 1. The van der Waals surface area contributed by atoms with Gasteiger partial charge in [0.15, 0.2) is 0 Å². The maximum Gasteiger partial charge on any atom is 0.119 e. The Morgan fingerprint density at radius 3 is 2.30 bits per heavy atom. The lowest BCUT2D eigenvalue weighted by molar-refractivity contribution is 0.217.